The lowest BCUT2D eigenvalue weighted by atomic mass is 10.1. The predicted octanol–water partition coefficient (Wildman–Crippen LogP) is 3.01. The first-order chi connectivity index (χ1) is 13.5. The largest absolute Gasteiger partial charge is 0.332 e. The normalized spacial score (nSPS) is 11.7. The predicted molar refractivity (Wildman–Crippen MR) is 111 cm³/mol. The van der Waals surface area contributed by atoms with Gasteiger partial charge in [0.15, 0.2) is 11.2 Å². The smallest absolute Gasteiger partial charge is 0.280 e. The number of benzene rings is 2. The van der Waals surface area contributed by atoms with E-state index in [1.807, 2.05) is 59.9 Å². The minimum atomic E-state index is -0.388. The molecule has 0 bridgehead atoms. The van der Waals surface area contributed by atoms with E-state index in [1.165, 1.54) is 11.6 Å². The van der Waals surface area contributed by atoms with Crippen molar-refractivity contribution < 1.29 is 0 Å². The molecule has 0 aliphatic carbocycles. The lowest BCUT2D eigenvalue weighted by Gasteiger charge is -2.12. The fraction of sp³-hybridized carbons (Fsp3) is 0.136. The standard InChI is InChI=1S/C22H18N4O2/c1-13-8-10-14(11-9-13)17-12-15-6-4-5-7-16(15)19-23-18-20(26(17)19)24(2)22(28)25(3)21(18)27/h4-12H,1-3H3. The van der Waals surface area contributed by atoms with Crippen molar-refractivity contribution in [3.05, 3.63) is 81.0 Å². The van der Waals surface area contributed by atoms with Crippen molar-refractivity contribution in [3.8, 4) is 11.3 Å². The van der Waals surface area contributed by atoms with Crippen LogP contribution >= 0.6 is 0 Å². The topological polar surface area (TPSA) is 61.3 Å². The summed E-state index contributed by atoms with van der Waals surface area (Å²) in [4.78, 5) is 30.0. The van der Waals surface area contributed by atoms with Gasteiger partial charge in [0.25, 0.3) is 5.56 Å². The van der Waals surface area contributed by atoms with E-state index in [2.05, 4.69) is 11.1 Å². The first-order valence-electron chi connectivity index (χ1n) is 9.04. The van der Waals surface area contributed by atoms with E-state index in [-0.39, 0.29) is 16.8 Å². The zero-order valence-electron chi connectivity index (χ0n) is 15.8. The SMILES string of the molecule is Cc1ccc(-c2cc3ccccc3c3nc4c(=O)n(C)c(=O)n(C)c4n23)cc1. The Balaban J connectivity index is 2.11. The molecule has 0 unspecified atom stereocenters. The highest BCUT2D eigenvalue weighted by atomic mass is 16.2. The lowest BCUT2D eigenvalue weighted by Crippen LogP contribution is -2.37. The molecule has 0 fully saturated rings. The summed E-state index contributed by atoms with van der Waals surface area (Å²) in [6, 6.07) is 18.2. The molecule has 138 valence electrons. The fourth-order valence-electron chi connectivity index (χ4n) is 3.81. The van der Waals surface area contributed by atoms with E-state index in [0.717, 1.165) is 32.2 Å². The molecule has 0 radical (unpaired) electrons. The van der Waals surface area contributed by atoms with Crippen LogP contribution in [0, 0.1) is 6.92 Å². The number of hydrogen-bond donors (Lipinski definition) is 0. The summed E-state index contributed by atoms with van der Waals surface area (Å²) in [6.45, 7) is 2.04. The van der Waals surface area contributed by atoms with E-state index in [4.69, 9.17) is 0 Å². The van der Waals surface area contributed by atoms with Crippen molar-refractivity contribution in [1.29, 1.82) is 0 Å². The van der Waals surface area contributed by atoms with E-state index in [9.17, 15) is 9.59 Å². The van der Waals surface area contributed by atoms with E-state index in [1.54, 1.807) is 7.05 Å². The number of aromatic nitrogens is 4. The molecule has 6 heteroatoms. The second-order valence-electron chi connectivity index (χ2n) is 7.13. The lowest BCUT2D eigenvalue weighted by molar-refractivity contribution is 0.706. The minimum absolute atomic E-state index is 0.286. The van der Waals surface area contributed by atoms with Gasteiger partial charge in [-0.1, -0.05) is 54.1 Å². The maximum absolute atomic E-state index is 12.8. The van der Waals surface area contributed by atoms with Crippen molar-refractivity contribution in [2.45, 2.75) is 6.92 Å². The van der Waals surface area contributed by atoms with E-state index in [0.29, 0.717) is 11.3 Å². The van der Waals surface area contributed by atoms with Gasteiger partial charge in [0.1, 0.15) is 5.65 Å². The van der Waals surface area contributed by atoms with Crippen LogP contribution in [0.15, 0.2) is 64.2 Å². The van der Waals surface area contributed by atoms with Crippen molar-refractivity contribution in [2.75, 3.05) is 0 Å². The van der Waals surface area contributed by atoms with Gasteiger partial charge in [-0.25, -0.2) is 9.78 Å². The van der Waals surface area contributed by atoms with E-state index < -0.39 is 0 Å². The van der Waals surface area contributed by atoms with Gasteiger partial charge in [0.05, 0.1) is 5.69 Å². The van der Waals surface area contributed by atoms with Gasteiger partial charge in [-0.05, 0) is 23.9 Å². The van der Waals surface area contributed by atoms with Crippen LogP contribution in [-0.4, -0.2) is 18.5 Å². The van der Waals surface area contributed by atoms with Crippen LogP contribution in [0.2, 0.25) is 0 Å². The summed E-state index contributed by atoms with van der Waals surface area (Å²) in [6.07, 6.45) is 0. The molecule has 0 saturated heterocycles. The van der Waals surface area contributed by atoms with Gasteiger partial charge in [-0.15, -0.1) is 0 Å². The number of imidazole rings is 1. The maximum atomic E-state index is 12.8. The van der Waals surface area contributed by atoms with E-state index >= 15 is 0 Å². The highest BCUT2D eigenvalue weighted by Crippen LogP contribution is 2.30. The van der Waals surface area contributed by atoms with Crippen molar-refractivity contribution >= 4 is 27.6 Å². The van der Waals surface area contributed by atoms with Crippen LogP contribution in [0.1, 0.15) is 5.56 Å². The Labute approximate surface area is 159 Å². The second kappa shape index (κ2) is 5.66. The molecule has 6 nitrogen and oxygen atoms in total. The van der Waals surface area contributed by atoms with Crippen LogP contribution in [0.25, 0.3) is 38.8 Å². The molecule has 0 N–H and O–H groups in total. The molecule has 3 heterocycles. The summed E-state index contributed by atoms with van der Waals surface area (Å²) < 4.78 is 4.51. The van der Waals surface area contributed by atoms with Crippen LogP contribution in [-0.2, 0) is 14.1 Å². The molecule has 0 aliphatic heterocycles. The first kappa shape index (κ1) is 16.5. The average Bonchev–Trinajstić information content (AvgIpc) is 3.12. The minimum Gasteiger partial charge on any atom is -0.280 e. The number of nitrogens with zero attached hydrogens (tertiary/aromatic N) is 4. The molecule has 0 saturated carbocycles. The van der Waals surface area contributed by atoms with Crippen molar-refractivity contribution in [2.24, 2.45) is 14.1 Å². The molecule has 2 aromatic carbocycles. The Kier molecular flexibility index (Phi) is 3.34. The summed E-state index contributed by atoms with van der Waals surface area (Å²) in [7, 11) is 3.15. The van der Waals surface area contributed by atoms with Crippen LogP contribution in [0.4, 0.5) is 0 Å². The third-order valence-electron chi connectivity index (χ3n) is 5.33. The quantitative estimate of drug-likeness (QED) is 0.456. The highest BCUT2D eigenvalue weighted by molar-refractivity contribution is 6.00. The fourth-order valence-corrected chi connectivity index (χ4v) is 3.81. The Morgan fingerprint density at radius 1 is 0.893 bits per heavy atom. The average molecular weight is 370 g/mol. The summed E-state index contributed by atoms with van der Waals surface area (Å²) in [5.41, 5.74) is 3.74. The number of fused-ring (bicyclic) bond motifs is 5. The zero-order chi connectivity index (χ0) is 19.6. The van der Waals surface area contributed by atoms with Gasteiger partial charge in [0, 0.05) is 19.5 Å². The molecule has 0 atom stereocenters. The van der Waals surface area contributed by atoms with Gasteiger partial charge < -0.3 is 0 Å². The number of hydrogen-bond acceptors (Lipinski definition) is 3. The van der Waals surface area contributed by atoms with Crippen LogP contribution in [0.5, 0.6) is 0 Å². The number of aryl methyl sites for hydroxylation is 2. The molecule has 0 amide bonds. The third-order valence-corrected chi connectivity index (χ3v) is 5.33. The molecule has 5 aromatic rings. The molecule has 3 aromatic heterocycles. The Morgan fingerprint density at radius 2 is 1.61 bits per heavy atom. The summed E-state index contributed by atoms with van der Waals surface area (Å²) >= 11 is 0. The second-order valence-corrected chi connectivity index (χ2v) is 7.13. The third kappa shape index (κ3) is 2.11. The molecule has 0 aliphatic rings. The molecular formula is C22H18N4O2. The molecular weight excluding hydrogens is 352 g/mol. The first-order valence-corrected chi connectivity index (χ1v) is 9.04. The molecule has 28 heavy (non-hydrogen) atoms. The number of pyridine rings is 1. The van der Waals surface area contributed by atoms with Gasteiger partial charge in [0.2, 0.25) is 0 Å². The monoisotopic (exact) mass is 370 g/mol. The Bertz CT molecular complexity index is 1520. The van der Waals surface area contributed by atoms with Gasteiger partial charge in [-0.3, -0.25) is 18.3 Å². The van der Waals surface area contributed by atoms with Crippen molar-refractivity contribution in [3.63, 3.8) is 0 Å². The van der Waals surface area contributed by atoms with Gasteiger partial charge >= 0.3 is 5.69 Å². The van der Waals surface area contributed by atoms with Crippen molar-refractivity contribution in [1.82, 2.24) is 18.5 Å². The Hall–Kier alpha value is -3.67. The number of rotatable bonds is 1. The van der Waals surface area contributed by atoms with Crippen LogP contribution in [0.3, 0.4) is 0 Å². The summed E-state index contributed by atoms with van der Waals surface area (Å²) in [5.74, 6) is 0. The zero-order valence-corrected chi connectivity index (χ0v) is 15.8. The molecule has 5 rings (SSSR count). The van der Waals surface area contributed by atoms with Crippen LogP contribution < -0.4 is 11.2 Å². The Morgan fingerprint density at radius 3 is 2.36 bits per heavy atom. The van der Waals surface area contributed by atoms with Gasteiger partial charge in [-0.2, -0.15) is 0 Å². The maximum Gasteiger partial charge on any atom is 0.332 e. The highest BCUT2D eigenvalue weighted by Gasteiger charge is 2.19. The summed E-state index contributed by atoms with van der Waals surface area (Å²) in [5, 5.41) is 1.96. The molecule has 0 spiro atoms.